The van der Waals surface area contributed by atoms with Crippen molar-refractivity contribution in [2.75, 3.05) is 0 Å². The van der Waals surface area contributed by atoms with Gasteiger partial charge in [-0.05, 0) is 26.7 Å². The van der Waals surface area contributed by atoms with Crippen molar-refractivity contribution < 1.29 is 9.94 Å². The lowest BCUT2D eigenvalue weighted by Gasteiger charge is -1.92. The summed E-state index contributed by atoms with van der Waals surface area (Å²) >= 11 is 3.37. The molecule has 2 heterocycles. The summed E-state index contributed by atoms with van der Waals surface area (Å²) in [4.78, 5) is 0. The van der Waals surface area contributed by atoms with Gasteiger partial charge in [0.15, 0.2) is 0 Å². The van der Waals surface area contributed by atoms with Gasteiger partial charge in [-0.1, -0.05) is 5.10 Å². The third-order valence-corrected chi connectivity index (χ3v) is 2.44. The summed E-state index contributed by atoms with van der Waals surface area (Å²) in [5.74, 6) is 0. The fraction of sp³-hybridized carbons (Fsp3) is 0.143. The number of nitrogens with zero attached hydrogens (tertiary/aromatic N) is 3. The standard InChI is InChI=1S/C7H7BrN3O/c1-10-7-5(4-9-10)6(8)2-3-11(7)12/h2-4,12H,1H3/q+1. The van der Waals surface area contributed by atoms with E-state index in [2.05, 4.69) is 21.0 Å². The maximum absolute atomic E-state index is 9.40. The molecule has 0 fully saturated rings. The predicted molar refractivity (Wildman–Crippen MR) is 45.8 cm³/mol. The molecule has 0 spiro atoms. The molecule has 62 valence electrons. The van der Waals surface area contributed by atoms with Crippen LogP contribution in [-0.4, -0.2) is 15.0 Å². The van der Waals surface area contributed by atoms with Gasteiger partial charge in [-0.15, -0.1) is 4.68 Å². The molecule has 12 heavy (non-hydrogen) atoms. The number of halogens is 1. The first-order chi connectivity index (χ1) is 5.70. The Morgan fingerprint density at radius 3 is 3.08 bits per heavy atom. The quantitative estimate of drug-likeness (QED) is 0.537. The van der Waals surface area contributed by atoms with Crippen molar-refractivity contribution in [3.63, 3.8) is 0 Å². The van der Waals surface area contributed by atoms with E-state index in [4.69, 9.17) is 0 Å². The molecule has 0 saturated heterocycles. The normalized spacial score (nSPS) is 10.8. The summed E-state index contributed by atoms with van der Waals surface area (Å²) in [5.41, 5.74) is 0.671. The zero-order chi connectivity index (χ0) is 8.72. The van der Waals surface area contributed by atoms with Crippen LogP contribution >= 0.6 is 15.9 Å². The number of aryl methyl sites for hydroxylation is 1. The van der Waals surface area contributed by atoms with Crippen molar-refractivity contribution >= 4 is 27.0 Å². The summed E-state index contributed by atoms with van der Waals surface area (Å²) in [6.07, 6.45) is 3.26. The highest BCUT2D eigenvalue weighted by molar-refractivity contribution is 9.10. The second-order valence-electron chi connectivity index (χ2n) is 2.51. The van der Waals surface area contributed by atoms with E-state index >= 15 is 0 Å². The second kappa shape index (κ2) is 2.45. The van der Waals surface area contributed by atoms with Gasteiger partial charge in [0.05, 0.1) is 6.20 Å². The van der Waals surface area contributed by atoms with Crippen LogP contribution in [0.25, 0.3) is 11.0 Å². The number of pyridine rings is 1. The van der Waals surface area contributed by atoms with Gasteiger partial charge in [0.2, 0.25) is 0 Å². The van der Waals surface area contributed by atoms with E-state index in [1.807, 2.05) is 0 Å². The van der Waals surface area contributed by atoms with Gasteiger partial charge < -0.3 is 5.21 Å². The first kappa shape index (κ1) is 7.54. The third kappa shape index (κ3) is 0.896. The molecule has 2 aromatic heterocycles. The Bertz CT molecular complexity index is 437. The van der Waals surface area contributed by atoms with Crippen molar-refractivity contribution in [3.05, 3.63) is 22.9 Å². The van der Waals surface area contributed by atoms with Gasteiger partial charge >= 0.3 is 5.65 Å². The molecule has 0 saturated carbocycles. The van der Waals surface area contributed by atoms with Crippen LogP contribution in [0.1, 0.15) is 0 Å². The molecule has 0 aromatic carbocycles. The molecule has 0 aliphatic carbocycles. The molecule has 0 unspecified atom stereocenters. The van der Waals surface area contributed by atoms with Gasteiger partial charge in [0, 0.05) is 4.47 Å². The fourth-order valence-electron chi connectivity index (χ4n) is 1.17. The molecule has 5 heteroatoms. The molecule has 1 N–H and O–H groups in total. The van der Waals surface area contributed by atoms with E-state index in [1.54, 1.807) is 30.2 Å². The predicted octanol–water partition coefficient (Wildman–Crippen LogP) is 0.861. The number of aromatic nitrogens is 3. The topological polar surface area (TPSA) is 41.9 Å². The molecule has 2 aromatic rings. The van der Waals surface area contributed by atoms with Gasteiger partial charge in [-0.3, -0.25) is 0 Å². The SMILES string of the molecule is Cn1ncc2c(Br)cc[n+](O)c21. The average Bonchev–Trinajstić information content (AvgIpc) is 2.42. The first-order valence-electron chi connectivity index (χ1n) is 3.41. The highest BCUT2D eigenvalue weighted by Gasteiger charge is 2.14. The van der Waals surface area contributed by atoms with E-state index in [-0.39, 0.29) is 0 Å². The van der Waals surface area contributed by atoms with Crippen LogP contribution < -0.4 is 4.73 Å². The summed E-state index contributed by atoms with van der Waals surface area (Å²) < 4.78 is 3.59. The molecular weight excluding hydrogens is 222 g/mol. The Balaban J connectivity index is 2.98. The number of rotatable bonds is 0. The second-order valence-corrected chi connectivity index (χ2v) is 3.37. The van der Waals surface area contributed by atoms with Crippen LogP contribution in [0.4, 0.5) is 0 Å². The molecule has 0 radical (unpaired) electrons. The van der Waals surface area contributed by atoms with Crippen molar-refractivity contribution in [2.45, 2.75) is 0 Å². The molecule has 0 amide bonds. The van der Waals surface area contributed by atoms with E-state index in [1.165, 1.54) is 0 Å². The van der Waals surface area contributed by atoms with Crippen molar-refractivity contribution in [3.8, 4) is 0 Å². The number of hydrogen-bond acceptors (Lipinski definition) is 2. The maximum atomic E-state index is 9.40. The average molecular weight is 229 g/mol. The highest BCUT2D eigenvalue weighted by atomic mass is 79.9. The summed E-state index contributed by atoms with van der Waals surface area (Å²) in [7, 11) is 1.78. The Morgan fingerprint density at radius 1 is 1.67 bits per heavy atom. The fourth-order valence-corrected chi connectivity index (χ4v) is 1.57. The lowest BCUT2D eigenvalue weighted by atomic mass is 10.4. The van der Waals surface area contributed by atoms with Crippen LogP contribution in [0.5, 0.6) is 0 Å². The number of hydrogen-bond donors (Lipinski definition) is 1. The van der Waals surface area contributed by atoms with Gasteiger partial charge in [0.25, 0.3) is 0 Å². The maximum Gasteiger partial charge on any atom is 0.350 e. The van der Waals surface area contributed by atoms with Crippen molar-refractivity contribution in [1.82, 2.24) is 9.78 Å². The minimum atomic E-state index is 0.671. The number of fused-ring (bicyclic) bond motifs is 1. The van der Waals surface area contributed by atoms with Gasteiger partial charge in [-0.2, -0.15) is 0 Å². The van der Waals surface area contributed by atoms with E-state index in [0.717, 1.165) is 14.6 Å². The van der Waals surface area contributed by atoms with Crippen LogP contribution in [0.2, 0.25) is 0 Å². The summed E-state index contributed by atoms with van der Waals surface area (Å²) in [5, 5.41) is 14.3. The molecule has 4 nitrogen and oxygen atoms in total. The van der Waals surface area contributed by atoms with E-state index < -0.39 is 0 Å². The van der Waals surface area contributed by atoms with Gasteiger partial charge in [0.1, 0.15) is 18.6 Å². The van der Waals surface area contributed by atoms with Crippen LogP contribution in [-0.2, 0) is 7.05 Å². The van der Waals surface area contributed by atoms with E-state index in [9.17, 15) is 5.21 Å². The van der Waals surface area contributed by atoms with E-state index in [0.29, 0.717) is 5.65 Å². The molecular formula is C7H7BrN3O+. The minimum Gasteiger partial charge on any atom is -0.350 e. The summed E-state index contributed by atoms with van der Waals surface area (Å²) in [6.45, 7) is 0. The Kier molecular flexibility index (Phi) is 1.54. The van der Waals surface area contributed by atoms with Gasteiger partial charge in [-0.25, -0.2) is 0 Å². The van der Waals surface area contributed by atoms with Crippen LogP contribution in [0.3, 0.4) is 0 Å². The Hall–Kier alpha value is -1.10. The largest absolute Gasteiger partial charge is 0.350 e. The highest BCUT2D eigenvalue weighted by Crippen LogP contribution is 2.19. The van der Waals surface area contributed by atoms with Crippen LogP contribution in [0, 0.1) is 0 Å². The first-order valence-corrected chi connectivity index (χ1v) is 4.20. The molecule has 2 rings (SSSR count). The van der Waals surface area contributed by atoms with Crippen LogP contribution in [0.15, 0.2) is 22.9 Å². The zero-order valence-corrected chi connectivity index (χ0v) is 7.98. The lowest BCUT2D eigenvalue weighted by Crippen LogP contribution is -2.31. The Labute approximate surface area is 77.1 Å². The van der Waals surface area contributed by atoms with Crippen molar-refractivity contribution in [1.29, 1.82) is 0 Å². The summed E-state index contributed by atoms with van der Waals surface area (Å²) in [6, 6.07) is 1.77. The third-order valence-electron chi connectivity index (χ3n) is 1.74. The smallest absolute Gasteiger partial charge is 0.350 e. The lowest BCUT2D eigenvalue weighted by molar-refractivity contribution is -0.886. The van der Waals surface area contributed by atoms with Crippen molar-refractivity contribution in [2.24, 2.45) is 7.05 Å². The monoisotopic (exact) mass is 228 g/mol. The molecule has 0 atom stereocenters. The zero-order valence-electron chi connectivity index (χ0n) is 6.40. The Morgan fingerprint density at radius 2 is 2.42 bits per heavy atom. The minimum absolute atomic E-state index is 0.671. The molecule has 0 aliphatic rings. The molecule has 0 bridgehead atoms. The molecule has 0 aliphatic heterocycles.